The van der Waals surface area contributed by atoms with Crippen LogP contribution in [0.2, 0.25) is 0 Å². The van der Waals surface area contributed by atoms with E-state index in [0.29, 0.717) is 12.2 Å². The van der Waals surface area contributed by atoms with E-state index in [4.69, 9.17) is 29.7 Å². The van der Waals surface area contributed by atoms with Crippen molar-refractivity contribution in [3.8, 4) is 0 Å². The minimum atomic E-state index is -5.66. The molecule has 5 atom stereocenters. The number of hydrogen-bond donors (Lipinski definition) is 6. The number of hydrogen-bond acceptors (Lipinski definition) is 12. The molecule has 1 aliphatic heterocycles. The summed E-state index contributed by atoms with van der Waals surface area (Å²) in [5.74, 6) is -0.139. The van der Waals surface area contributed by atoms with Crippen molar-refractivity contribution in [1.29, 1.82) is 0 Å². The number of nitrogen functional groups attached to an aromatic ring is 1. The molecular weight excluding hydrogens is 553 g/mol. The molecule has 3 heterocycles. The van der Waals surface area contributed by atoms with Crippen molar-refractivity contribution in [3.63, 3.8) is 0 Å². The second-order valence-corrected chi connectivity index (χ2v) is 11.8. The van der Waals surface area contributed by atoms with E-state index in [2.05, 4.69) is 23.1 Å². The molecule has 18 nitrogen and oxygen atoms in total. The number of ether oxygens (including phenoxy) is 3. The first-order valence-electron chi connectivity index (χ1n) is 10.1. The Kier molecular flexibility index (Phi) is 8.96. The number of nitrogens with two attached hydrogens (primary N) is 1. The van der Waals surface area contributed by atoms with Crippen LogP contribution in [0.25, 0.3) is 11.0 Å². The van der Waals surface area contributed by atoms with Gasteiger partial charge < -0.3 is 44.1 Å². The standard InChI is InChI=1S/C15H25N4O14P3/c1-3-29-6-8-5-19(13-12(8)14(20)18-15(16)17-13)11-4-9(28-2)10(31-11)7-30-35(24,25)33-36(26,27)32-34(21,22)23/h5,9-11H,3-4,6-7H2,1-2H3,(H,24,25)(H,26,27)(H2,21,22,23)(H3,16,17,18,20)/t9?,10-,11-/m1/s1. The Morgan fingerprint density at radius 3 is 2.53 bits per heavy atom. The Bertz CT molecular complexity index is 1290. The summed E-state index contributed by atoms with van der Waals surface area (Å²) in [4.78, 5) is 55.3. The molecule has 1 saturated heterocycles. The number of nitrogens with zero attached hydrogens (tertiary/aromatic N) is 2. The van der Waals surface area contributed by atoms with Crippen LogP contribution in [-0.4, -0.2) is 66.6 Å². The third kappa shape index (κ3) is 7.30. The normalized spacial score (nSPS) is 24.1. The predicted molar refractivity (Wildman–Crippen MR) is 119 cm³/mol. The van der Waals surface area contributed by atoms with Gasteiger partial charge in [0.05, 0.1) is 24.7 Å². The summed E-state index contributed by atoms with van der Waals surface area (Å²) in [7, 11) is -15.2. The number of nitrogens with one attached hydrogen (secondary N) is 1. The van der Waals surface area contributed by atoms with Crippen molar-refractivity contribution in [2.45, 2.75) is 38.4 Å². The van der Waals surface area contributed by atoms with Crippen LogP contribution in [0.1, 0.15) is 25.1 Å². The molecule has 0 amide bonds. The van der Waals surface area contributed by atoms with E-state index in [0.717, 1.165) is 0 Å². The molecule has 1 aliphatic rings. The second-order valence-electron chi connectivity index (χ2n) is 7.37. The first kappa shape index (κ1) is 29.1. The Balaban J connectivity index is 1.79. The van der Waals surface area contributed by atoms with E-state index in [9.17, 15) is 28.3 Å². The van der Waals surface area contributed by atoms with Crippen LogP contribution in [0.15, 0.2) is 11.0 Å². The lowest BCUT2D eigenvalue weighted by atomic mass is 10.2. The highest BCUT2D eigenvalue weighted by molar-refractivity contribution is 7.66. The topological polar surface area (TPSA) is 264 Å². The summed E-state index contributed by atoms with van der Waals surface area (Å²) in [6, 6.07) is 0. The quantitative estimate of drug-likeness (QED) is 0.187. The zero-order valence-corrected chi connectivity index (χ0v) is 21.5. The van der Waals surface area contributed by atoms with Crippen LogP contribution >= 0.6 is 23.5 Å². The van der Waals surface area contributed by atoms with Crippen molar-refractivity contribution in [2.24, 2.45) is 0 Å². The molecule has 21 heteroatoms. The summed E-state index contributed by atoms with van der Waals surface area (Å²) in [6.07, 6.45) is -0.820. The van der Waals surface area contributed by atoms with Crippen molar-refractivity contribution >= 4 is 40.4 Å². The van der Waals surface area contributed by atoms with Crippen LogP contribution in [0.4, 0.5) is 5.95 Å². The van der Waals surface area contributed by atoms with Gasteiger partial charge in [-0.15, -0.1) is 0 Å². The summed E-state index contributed by atoms with van der Waals surface area (Å²) in [5, 5.41) is 0.229. The fourth-order valence-corrected chi connectivity index (χ4v) is 6.56. The van der Waals surface area contributed by atoms with Crippen LogP contribution < -0.4 is 11.3 Å². The van der Waals surface area contributed by atoms with E-state index in [1.807, 2.05) is 0 Å². The Hall–Kier alpha value is -1.49. The Morgan fingerprint density at radius 1 is 1.22 bits per heavy atom. The summed E-state index contributed by atoms with van der Waals surface area (Å²) in [5.41, 5.74) is 5.91. The van der Waals surface area contributed by atoms with Crippen LogP contribution in [0.5, 0.6) is 0 Å². The molecule has 0 aromatic carbocycles. The maximum atomic E-state index is 12.5. The zero-order chi connectivity index (χ0) is 26.9. The van der Waals surface area contributed by atoms with Gasteiger partial charge in [0.15, 0.2) is 5.65 Å². The molecule has 204 valence electrons. The maximum Gasteiger partial charge on any atom is 0.490 e. The molecule has 2 aromatic rings. The monoisotopic (exact) mass is 578 g/mol. The van der Waals surface area contributed by atoms with E-state index in [1.165, 1.54) is 11.7 Å². The molecule has 0 aliphatic carbocycles. The number of anilines is 1. The Morgan fingerprint density at radius 2 is 1.92 bits per heavy atom. The molecule has 3 unspecified atom stereocenters. The lowest BCUT2D eigenvalue weighted by molar-refractivity contribution is -0.0501. The number of aromatic amines is 1. The van der Waals surface area contributed by atoms with Crippen molar-refractivity contribution < 1.29 is 60.6 Å². The summed E-state index contributed by atoms with van der Waals surface area (Å²) < 4.78 is 64.4. The molecule has 36 heavy (non-hydrogen) atoms. The van der Waals surface area contributed by atoms with Gasteiger partial charge in [-0.1, -0.05) is 0 Å². The fraction of sp³-hybridized carbons (Fsp3) is 0.600. The molecule has 0 bridgehead atoms. The summed E-state index contributed by atoms with van der Waals surface area (Å²) >= 11 is 0. The van der Waals surface area contributed by atoms with Crippen LogP contribution in [-0.2, 0) is 47.7 Å². The largest absolute Gasteiger partial charge is 0.490 e. The number of fused-ring (bicyclic) bond motifs is 1. The molecule has 0 spiro atoms. The van der Waals surface area contributed by atoms with Gasteiger partial charge in [-0.25, -0.2) is 13.7 Å². The number of methoxy groups -OCH3 is 1. The molecule has 2 aromatic heterocycles. The minimum absolute atomic E-state index is 0.102. The van der Waals surface area contributed by atoms with Crippen LogP contribution in [0.3, 0.4) is 0 Å². The van der Waals surface area contributed by atoms with Gasteiger partial charge in [0.1, 0.15) is 12.3 Å². The molecule has 7 N–H and O–H groups in total. The van der Waals surface area contributed by atoms with E-state index in [-0.39, 0.29) is 30.0 Å². The van der Waals surface area contributed by atoms with E-state index in [1.54, 1.807) is 13.1 Å². The third-order valence-electron chi connectivity index (χ3n) is 4.85. The maximum absolute atomic E-state index is 12.5. The number of rotatable bonds is 12. The number of phosphoric acid groups is 3. The molecule has 0 saturated carbocycles. The third-order valence-corrected chi connectivity index (χ3v) is 8.65. The zero-order valence-electron chi connectivity index (χ0n) is 18.8. The molecule has 0 radical (unpaired) electrons. The second kappa shape index (κ2) is 11.1. The minimum Gasteiger partial charge on any atom is -0.378 e. The lowest BCUT2D eigenvalue weighted by Gasteiger charge is -2.20. The average Bonchev–Trinajstić information content (AvgIpc) is 3.29. The fourth-order valence-electron chi connectivity index (χ4n) is 3.53. The van der Waals surface area contributed by atoms with E-state index >= 15 is 0 Å². The molecule has 3 rings (SSSR count). The van der Waals surface area contributed by atoms with Crippen LogP contribution in [0, 0.1) is 0 Å². The number of aromatic nitrogens is 3. The van der Waals surface area contributed by atoms with Crippen molar-refractivity contribution in [2.75, 3.05) is 26.1 Å². The van der Waals surface area contributed by atoms with Gasteiger partial charge >= 0.3 is 23.5 Å². The first-order chi connectivity index (χ1) is 16.6. The average molecular weight is 578 g/mol. The summed E-state index contributed by atoms with van der Waals surface area (Å²) in [6.45, 7) is 1.57. The van der Waals surface area contributed by atoms with Gasteiger partial charge in [0.25, 0.3) is 5.56 Å². The number of H-pyrrole nitrogens is 1. The van der Waals surface area contributed by atoms with Gasteiger partial charge in [-0.2, -0.15) is 13.6 Å². The molecule has 1 fully saturated rings. The highest BCUT2D eigenvalue weighted by Crippen LogP contribution is 2.66. The van der Waals surface area contributed by atoms with Gasteiger partial charge in [-0.3, -0.25) is 14.3 Å². The molecular formula is C15H25N4O14P3. The van der Waals surface area contributed by atoms with Gasteiger partial charge in [0, 0.05) is 31.9 Å². The highest BCUT2D eigenvalue weighted by Gasteiger charge is 2.43. The van der Waals surface area contributed by atoms with Gasteiger partial charge in [-0.05, 0) is 6.92 Å². The number of phosphoric ester groups is 1. The van der Waals surface area contributed by atoms with Gasteiger partial charge in [0.2, 0.25) is 5.95 Å². The highest BCUT2D eigenvalue weighted by atomic mass is 31.3. The lowest BCUT2D eigenvalue weighted by Crippen LogP contribution is -2.27. The SMILES string of the molecule is CCOCc1cn([C@H]2CC(OC)[C@@H](COP(=O)(O)OP(=O)(O)OP(=O)(O)O)O2)c2nc(N)[nH]c(=O)c12. The first-order valence-corrected chi connectivity index (χ1v) is 14.6. The van der Waals surface area contributed by atoms with Crippen molar-refractivity contribution in [1.82, 2.24) is 14.5 Å². The predicted octanol–water partition coefficient (Wildman–Crippen LogP) is 0.489. The smallest absolute Gasteiger partial charge is 0.378 e. The Labute approximate surface area is 202 Å². The van der Waals surface area contributed by atoms with Crippen molar-refractivity contribution in [3.05, 3.63) is 22.1 Å². The van der Waals surface area contributed by atoms with E-state index < -0.39 is 54.1 Å².